The van der Waals surface area contributed by atoms with Crippen LogP contribution in [0.3, 0.4) is 0 Å². The van der Waals surface area contributed by atoms with Crippen molar-refractivity contribution in [2.45, 2.75) is 19.7 Å². The average Bonchev–Trinajstić information content (AvgIpc) is 2.67. The predicted molar refractivity (Wildman–Crippen MR) is 101 cm³/mol. The van der Waals surface area contributed by atoms with Crippen molar-refractivity contribution in [1.29, 1.82) is 0 Å². The molecular formula is C20H21N3O3. The summed E-state index contributed by atoms with van der Waals surface area (Å²) in [4.78, 5) is 27.0. The maximum absolute atomic E-state index is 12.2. The molecule has 0 unspecified atom stereocenters. The van der Waals surface area contributed by atoms with Crippen LogP contribution >= 0.6 is 0 Å². The number of hydrogen-bond donors (Lipinski definition) is 2. The van der Waals surface area contributed by atoms with Crippen LogP contribution in [0.25, 0.3) is 0 Å². The van der Waals surface area contributed by atoms with Crippen molar-refractivity contribution in [3.63, 3.8) is 0 Å². The Bertz CT molecular complexity index is 903. The largest absolute Gasteiger partial charge is 0.375 e. The Morgan fingerprint density at radius 2 is 1.58 bits per heavy atom. The van der Waals surface area contributed by atoms with Crippen molar-refractivity contribution in [3.8, 4) is 0 Å². The van der Waals surface area contributed by atoms with Gasteiger partial charge in [0, 0.05) is 12.6 Å². The van der Waals surface area contributed by atoms with Crippen LogP contribution < -0.4 is 16.6 Å². The summed E-state index contributed by atoms with van der Waals surface area (Å²) in [7, 11) is 0. The molecule has 0 fully saturated rings. The maximum atomic E-state index is 12.2. The topological polar surface area (TPSA) is 76.1 Å². The zero-order valence-corrected chi connectivity index (χ0v) is 14.4. The van der Waals surface area contributed by atoms with Gasteiger partial charge in [-0.3, -0.25) is 14.3 Å². The van der Waals surface area contributed by atoms with E-state index in [1.165, 1.54) is 6.07 Å². The Hall–Kier alpha value is -3.12. The first-order valence-corrected chi connectivity index (χ1v) is 8.46. The summed E-state index contributed by atoms with van der Waals surface area (Å²) in [5, 5.41) is 3.06. The summed E-state index contributed by atoms with van der Waals surface area (Å²) in [5.41, 5.74) is 1.31. The lowest BCUT2D eigenvalue weighted by Crippen LogP contribution is -2.36. The fourth-order valence-corrected chi connectivity index (χ4v) is 2.54. The van der Waals surface area contributed by atoms with Gasteiger partial charge in [-0.05, 0) is 11.1 Å². The molecule has 2 N–H and O–H groups in total. The van der Waals surface area contributed by atoms with Gasteiger partial charge in [-0.1, -0.05) is 60.7 Å². The van der Waals surface area contributed by atoms with E-state index in [0.29, 0.717) is 19.0 Å². The Morgan fingerprint density at radius 1 is 0.923 bits per heavy atom. The summed E-state index contributed by atoms with van der Waals surface area (Å²) in [6.07, 6.45) is 0. The van der Waals surface area contributed by atoms with Crippen molar-refractivity contribution in [2.24, 2.45) is 0 Å². The molecule has 3 rings (SSSR count). The van der Waals surface area contributed by atoms with Crippen LogP contribution in [-0.4, -0.2) is 16.2 Å². The summed E-state index contributed by atoms with van der Waals surface area (Å²) in [5.74, 6) is 0.408. The Morgan fingerprint density at radius 3 is 2.23 bits per heavy atom. The highest BCUT2D eigenvalue weighted by molar-refractivity contribution is 5.33. The highest BCUT2D eigenvalue weighted by atomic mass is 16.5. The number of hydrogen-bond acceptors (Lipinski definition) is 4. The molecule has 2 aromatic carbocycles. The summed E-state index contributed by atoms with van der Waals surface area (Å²) < 4.78 is 6.68. The summed E-state index contributed by atoms with van der Waals surface area (Å²) >= 11 is 0. The third-order valence-electron chi connectivity index (χ3n) is 3.92. The number of aromatic amines is 1. The van der Waals surface area contributed by atoms with Crippen molar-refractivity contribution in [1.82, 2.24) is 9.55 Å². The van der Waals surface area contributed by atoms with Crippen LogP contribution in [0, 0.1) is 0 Å². The van der Waals surface area contributed by atoms with E-state index in [1.54, 1.807) is 0 Å². The molecule has 1 heterocycles. The van der Waals surface area contributed by atoms with E-state index in [4.69, 9.17) is 4.74 Å². The minimum absolute atomic E-state index is 0.208. The first kappa shape index (κ1) is 17.7. The van der Waals surface area contributed by atoms with Crippen molar-refractivity contribution in [3.05, 3.63) is 98.7 Å². The number of rotatable bonds is 8. The molecule has 0 aliphatic heterocycles. The molecule has 134 valence electrons. The lowest BCUT2D eigenvalue weighted by Gasteiger charge is -2.09. The fraction of sp³-hybridized carbons (Fsp3) is 0.200. The minimum atomic E-state index is -0.448. The van der Waals surface area contributed by atoms with Gasteiger partial charge < -0.3 is 10.1 Å². The maximum Gasteiger partial charge on any atom is 0.329 e. The van der Waals surface area contributed by atoms with E-state index in [9.17, 15) is 9.59 Å². The third-order valence-corrected chi connectivity index (χ3v) is 3.92. The van der Waals surface area contributed by atoms with Crippen LogP contribution in [0.1, 0.15) is 11.1 Å². The molecule has 0 bridgehead atoms. The number of benzene rings is 2. The second kappa shape index (κ2) is 8.82. The van der Waals surface area contributed by atoms with Crippen LogP contribution in [0.2, 0.25) is 0 Å². The van der Waals surface area contributed by atoms with E-state index in [2.05, 4.69) is 10.3 Å². The normalized spacial score (nSPS) is 10.6. The van der Waals surface area contributed by atoms with Crippen molar-refractivity contribution in [2.75, 3.05) is 11.9 Å². The molecule has 0 aliphatic rings. The zero-order chi connectivity index (χ0) is 18.2. The highest BCUT2D eigenvalue weighted by Gasteiger charge is 2.04. The molecule has 3 aromatic rings. The number of aromatic nitrogens is 2. The van der Waals surface area contributed by atoms with Crippen LogP contribution in [0.15, 0.2) is 76.3 Å². The Kier molecular flexibility index (Phi) is 6.01. The molecule has 0 aliphatic carbocycles. The smallest absolute Gasteiger partial charge is 0.329 e. The van der Waals surface area contributed by atoms with Crippen LogP contribution in [0.5, 0.6) is 0 Å². The van der Waals surface area contributed by atoms with E-state index in [-0.39, 0.29) is 18.7 Å². The van der Waals surface area contributed by atoms with E-state index in [0.717, 1.165) is 15.7 Å². The number of H-pyrrole nitrogens is 1. The van der Waals surface area contributed by atoms with Gasteiger partial charge in [0.25, 0.3) is 5.56 Å². The second-order valence-corrected chi connectivity index (χ2v) is 5.86. The quantitative estimate of drug-likeness (QED) is 0.611. The van der Waals surface area contributed by atoms with Gasteiger partial charge >= 0.3 is 5.69 Å². The molecule has 0 radical (unpaired) electrons. The molecule has 0 saturated carbocycles. The highest BCUT2D eigenvalue weighted by Crippen LogP contribution is 2.03. The van der Waals surface area contributed by atoms with Gasteiger partial charge in [0.15, 0.2) is 0 Å². The number of nitrogens with zero attached hydrogens (tertiary/aromatic N) is 1. The monoisotopic (exact) mass is 351 g/mol. The lowest BCUT2D eigenvalue weighted by atomic mass is 10.2. The minimum Gasteiger partial charge on any atom is -0.375 e. The standard InChI is InChI=1S/C20H21N3O3/c24-19-13-18(21-14-16-7-3-1-4-8-16)22-20(25)23(19)11-12-26-15-17-9-5-2-6-10-17/h1-10,13,21H,11-12,14-15H2,(H,22,25). The van der Waals surface area contributed by atoms with Crippen molar-refractivity contribution >= 4 is 5.82 Å². The second-order valence-electron chi connectivity index (χ2n) is 5.86. The molecule has 1 aromatic heterocycles. The Labute approximate surface area is 151 Å². The molecule has 26 heavy (non-hydrogen) atoms. The summed E-state index contributed by atoms with van der Waals surface area (Å²) in [6.45, 7) is 1.47. The van der Waals surface area contributed by atoms with Gasteiger partial charge in [0.2, 0.25) is 0 Å². The van der Waals surface area contributed by atoms with Gasteiger partial charge in [-0.15, -0.1) is 0 Å². The van der Waals surface area contributed by atoms with Gasteiger partial charge in [0.05, 0.1) is 19.8 Å². The van der Waals surface area contributed by atoms with E-state index < -0.39 is 5.69 Å². The molecule has 0 spiro atoms. The number of ether oxygens (including phenoxy) is 1. The summed E-state index contributed by atoms with van der Waals surface area (Å²) in [6, 6.07) is 20.9. The van der Waals surface area contributed by atoms with Crippen molar-refractivity contribution < 1.29 is 4.74 Å². The molecule has 6 nitrogen and oxygen atoms in total. The predicted octanol–water partition coefficient (Wildman–Crippen LogP) is 2.37. The van der Waals surface area contributed by atoms with Crippen LogP contribution in [-0.2, 0) is 24.4 Å². The van der Waals surface area contributed by atoms with Crippen LogP contribution in [0.4, 0.5) is 5.82 Å². The zero-order valence-electron chi connectivity index (χ0n) is 14.4. The molecule has 6 heteroatoms. The van der Waals surface area contributed by atoms with Gasteiger partial charge in [-0.25, -0.2) is 4.79 Å². The molecule has 0 saturated heterocycles. The third kappa shape index (κ3) is 4.94. The lowest BCUT2D eigenvalue weighted by molar-refractivity contribution is 0.111. The first-order chi connectivity index (χ1) is 12.7. The Balaban J connectivity index is 1.55. The molecule has 0 amide bonds. The number of anilines is 1. The van der Waals surface area contributed by atoms with Gasteiger partial charge in [-0.2, -0.15) is 0 Å². The average molecular weight is 351 g/mol. The first-order valence-electron chi connectivity index (χ1n) is 8.46. The molecule has 0 atom stereocenters. The molecular weight excluding hydrogens is 330 g/mol. The van der Waals surface area contributed by atoms with E-state index in [1.807, 2.05) is 60.7 Å². The number of nitrogens with one attached hydrogen (secondary N) is 2. The van der Waals surface area contributed by atoms with E-state index >= 15 is 0 Å². The SMILES string of the molecule is O=c1cc(NCc2ccccc2)[nH]c(=O)n1CCOCc1ccccc1. The fourth-order valence-electron chi connectivity index (χ4n) is 2.54. The van der Waals surface area contributed by atoms with Gasteiger partial charge in [0.1, 0.15) is 5.82 Å².